The van der Waals surface area contributed by atoms with Crippen molar-refractivity contribution in [3.8, 4) is 5.69 Å². The molecule has 5 heteroatoms. The molecule has 3 rings (SSSR count). The van der Waals surface area contributed by atoms with Crippen LogP contribution in [0.15, 0.2) is 59.7 Å². The number of aromatic nitrogens is 1. The molecule has 0 fully saturated rings. The van der Waals surface area contributed by atoms with Gasteiger partial charge in [-0.05, 0) is 91.0 Å². The molecule has 0 aliphatic heterocycles. The lowest BCUT2D eigenvalue weighted by atomic mass is 10.2. The fourth-order valence-electron chi connectivity index (χ4n) is 2.92. The van der Waals surface area contributed by atoms with Crippen LogP contribution >= 0.6 is 22.6 Å². The molecule has 0 bridgehead atoms. The largest absolute Gasteiger partial charge is 0.378 e. The number of benzene rings is 2. The molecular formula is C21H23IN4. The van der Waals surface area contributed by atoms with Crippen molar-refractivity contribution in [2.24, 2.45) is 5.10 Å². The quantitative estimate of drug-likeness (QED) is 0.324. The van der Waals surface area contributed by atoms with Crippen LogP contribution in [0.1, 0.15) is 17.0 Å². The van der Waals surface area contributed by atoms with Gasteiger partial charge >= 0.3 is 0 Å². The van der Waals surface area contributed by atoms with Gasteiger partial charge in [-0.3, -0.25) is 5.43 Å². The van der Waals surface area contributed by atoms with E-state index < -0.39 is 0 Å². The molecule has 1 heterocycles. The summed E-state index contributed by atoms with van der Waals surface area (Å²) in [4.78, 5) is 2.10. The van der Waals surface area contributed by atoms with Crippen LogP contribution in [0.25, 0.3) is 5.69 Å². The van der Waals surface area contributed by atoms with E-state index in [1.807, 2.05) is 18.3 Å². The maximum atomic E-state index is 4.39. The molecule has 0 atom stereocenters. The Kier molecular flexibility index (Phi) is 5.66. The highest BCUT2D eigenvalue weighted by Gasteiger charge is 2.09. The Hall–Kier alpha value is -2.28. The first-order valence-corrected chi connectivity index (χ1v) is 9.55. The first-order valence-electron chi connectivity index (χ1n) is 8.47. The number of nitrogens with one attached hydrogen (secondary N) is 1. The van der Waals surface area contributed by atoms with Crippen molar-refractivity contribution in [3.63, 3.8) is 0 Å². The summed E-state index contributed by atoms with van der Waals surface area (Å²) in [5, 5.41) is 4.39. The van der Waals surface area contributed by atoms with E-state index >= 15 is 0 Å². The predicted octanol–water partition coefficient (Wildman–Crippen LogP) is 5.21. The fourth-order valence-corrected chi connectivity index (χ4v) is 3.28. The van der Waals surface area contributed by atoms with E-state index in [1.54, 1.807) is 0 Å². The Morgan fingerprint density at radius 1 is 1.00 bits per heavy atom. The highest BCUT2D eigenvalue weighted by Crippen LogP contribution is 2.22. The SMILES string of the molecule is Cc1cc(C=NNc2ccc(I)cc2)c(C)n1-c1ccc(N(C)C)cc1. The number of anilines is 2. The first kappa shape index (κ1) is 18.5. The normalized spacial score (nSPS) is 11.1. The van der Waals surface area contributed by atoms with Crippen molar-refractivity contribution < 1.29 is 0 Å². The molecule has 0 saturated heterocycles. The molecule has 1 N–H and O–H groups in total. The number of hydrogen-bond donors (Lipinski definition) is 1. The number of halogens is 1. The van der Waals surface area contributed by atoms with Crippen LogP contribution in [0.5, 0.6) is 0 Å². The Morgan fingerprint density at radius 3 is 2.27 bits per heavy atom. The Balaban J connectivity index is 1.81. The fraction of sp³-hybridized carbons (Fsp3) is 0.190. The van der Waals surface area contributed by atoms with E-state index in [1.165, 1.54) is 20.6 Å². The van der Waals surface area contributed by atoms with Crippen molar-refractivity contribution in [1.82, 2.24) is 4.57 Å². The zero-order chi connectivity index (χ0) is 18.7. The van der Waals surface area contributed by atoms with Gasteiger partial charge in [0.2, 0.25) is 0 Å². The van der Waals surface area contributed by atoms with E-state index in [2.05, 4.69) is 113 Å². The Labute approximate surface area is 168 Å². The number of rotatable bonds is 5. The second kappa shape index (κ2) is 7.95. The van der Waals surface area contributed by atoms with Crippen molar-refractivity contribution in [2.45, 2.75) is 13.8 Å². The third-order valence-electron chi connectivity index (χ3n) is 4.34. The average molecular weight is 458 g/mol. The van der Waals surface area contributed by atoms with Gasteiger partial charge in [0.1, 0.15) is 0 Å². The van der Waals surface area contributed by atoms with Gasteiger partial charge in [-0.15, -0.1) is 0 Å². The second-order valence-corrected chi connectivity index (χ2v) is 7.70. The Bertz CT molecular complexity index is 906. The van der Waals surface area contributed by atoms with E-state index in [4.69, 9.17) is 0 Å². The van der Waals surface area contributed by atoms with Gasteiger partial charge in [-0.2, -0.15) is 5.10 Å². The van der Waals surface area contributed by atoms with Crippen LogP contribution < -0.4 is 10.3 Å². The van der Waals surface area contributed by atoms with Gasteiger partial charge in [0.15, 0.2) is 0 Å². The van der Waals surface area contributed by atoms with E-state index in [-0.39, 0.29) is 0 Å². The lowest BCUT2D eigenvalue weighted by Gasteiger charge is -2.14. The minimum Gasteiger partial charge on any atom is -0.378 e. The zero-order valence-electron chi connectivity index (χ0n) is 15.5. The van der Waals surface area contributed by atoms with Crippen molar-refractivity contribution >= 4 is 40.2 Å². The van der Waals surface area contributed by atoms with Crippen molar-refractivity contribution in [3.05, 3.63) is 75.1 Å². The van der Waals surface area contributed by atoms with Crippen LogP contribution in [-0.2, 0) is 0 Å². The lowest BCUT2D eigenvalue weighted by Crippen LogP contribution is -2.08. The summed E-state index contributed by atoms with van der Waals surface area (Å²) in [6.07, 6.45) is 1.88. The van der Waals surface area contributed by atoms with Gasteiger partial charge in [0, 0.05) is 46.0 Å². The molecule has 0 unspecified atom stereocenters. The molecule has 134 valence electrons. The van der Waals surface area contributed by atoms with Gasteiger partial charge in [-0.25, -0.2) is 0 Å². The molecule has 0 amide bonds. The summed E-state index contributed by atoms with van der Waals surface area (Å²) in [5.74, 6) is 0. The van der Waals surface area contributed by atoms with Crippen molar-refractivity contribution in [1.29, 1.82) is 0 Å². The summed E-state index contributed by atoms with van der Waals surface area (Å²) in [6.45, 7) is 4.25. The molecule has 3 aromatic rings. The minimum absolute atomic E-state index is 0.981. The summed E-state index contributed by atoms with van der Waals surface area (Å²) in [5.41, 5.74) is 9.90. The number of aryl methyl sites for hydroxylation is 1. The maximum Gasteiger partial charge on any atom is 0.0562 e. The topological polar surface area (TPSA) is 32.6 Å². The van der Waals surface area contributed by atoms with Gasteiger partial charge in [-0.1, -0.05) is 0 Å². The molecule has 26 heavy (non-hydrogen) atoms. The second-order valence-electron chi connectivity index (χ2n) is 6.45. The highest BCUT2D eigenvalue weighted by atomic mass is 127. The summed E-state index contributed by atoms with van der Waals surface area (Å²) in [6, 6.07) is 18.9. The molecule has 0 radical (unpaired) electrons. The van der Waals surface area contributed by atoms with Gasteiger partial charge in [0.05, 0.1) is 11.9 Å². The van der Waals surface area contributed by atoms with E-state index in [0.29, 0.717) is 0 Å². The number of hydrazone groups is 1. The first-order chi connectivity index (χ1) is 12.5. The van der Waals surface area contributed by atoms with Crippen LogP contribution in [0.2, 0.25) is 0 Å². The monoisotopic (exact) mass is 458 g/mol. The molecule has 1 aromatic heterocycles. The third kappa shape index (κ3) is 4.09. The lowest BCUT2D eigenvalue weighted by molar-refractivity contribution is 0.963. The van der Waals surface area contributed by atoms with Crippen LogP contribution in [-0.4, -0.2) is 24.9 Å². The zero-order valence-corrected chi connectivity index (χ0v) is 17.7. The molecule has 0 spiro atoms. The Morgan fingerprint density at radius 2 is 1.65 bits per heavy atom. The summed E-state index contributed by atoms with van der Waals surface area (Å²) in [7, 11) is 4.10. The molecular weight excluding hydrogens is 435 g/mol. The molecule has 0 saturated carbocycles. The van der Waals surface area contributed by atoms with Crippen LogP contribution in [0, 0.1) is 17.4 Å². The molecule has 0 aliphatic rings. The van der Waals surface area contributed by atoms with Crippen molar-refractivity contribution in [2.75, 3.05) is 24.4 Å². The molecule has 4 nitrogen and oxygen atoms in total. The van der Waals surface area contributed by atoms with E-state index in [9.17, 15) is 0 Å². The third-order valence-corrected chi connectivity index (χ3v) is 5.06. The average Bonchev–Trinajstić information content (AvgIpc) is 2.90. The molecule has 2 aromatic carbocycles. The molecule has 0 aliphatic carbocycles. The van der Waals surface area contributed by atoms with Crippen LogP contribution in [0.3, 0.4) is 0 Å². The van der Waals surface area contributed by atoms with Gasteiger partial charge < -0.3 is 9.47 Å². The summed E-state index contributed by atoms with van der Waals surface area (Å²) < 4.78 is 3.46. The van der Waals surface area contributed by atoms with E-state index in [0.717, 1.165) is 16.9 Å². The summed E-state index contributed by atoms with van der Waals surface area (Å²) >= 11 is 2.29. The van der Waals surface area contributed by atoms with Gasteiger partial charge in [0.25, 0.3) is 0 Å². The number of hydrogen-bond acceptors (Lipinski definition) is 3. The van der Waals surface area contributed by atoms with Crippen LogP contribution in [0.4, 0.5) is 11.4 Å². The minimum atomic E-state index is 0.981. The highest BCUT2D eigenvalue weighted by molar-refractivity contribution is 14.1. The maximum absolute atomic E-state index is 4.39. The standard InChI is InChI=1S/C21H23IN4/c1-15-13-17(14-23-24-19-7-5-18(22)6-8-19)16(2)26(15)21-11-9-20(10-12-21)25(3)4/h5-14,24H,1-4H3. The number of nitrogens with zero attached hydrogens (tertiary/aromatic N) is 3. The smallest absolute Gasteiger partial charge is 0.0562 e. The predicted molar refractivity (Wildman–Crippen MR) is 120 cm³/mol.